The molecular weight excluding hydrogens is 399 g/mol. The fourth-order valence-corrected chi connectivity index (χ4v) is 3.46. The molecule has 0 fully saturated rings. The lowest BCUT2D eigenvalue weighted by Crippen LogP contribution is -2.25. The molecule has 1 aliphatic rings. The van der Waals surface area contributed by atoms with Crippen molar-refractivity contribution in [3.8, 4) is 11.5 Å². The maximum Gasteiger partial charge on any atom is 0.261 e. The zero-order valence-electron chi connectivity index (χ0n) is 14.7. The molecule has 0 aromatic heterocycles. The number of halogens is 2. The van der Waals surface area contributed by atoms with Crippen LogP contribution in [0.15, 0.2) is 60.7 Å². The lowest BCUT2D eigenvalue weighted by Gasteiger charge is -2.16. The summed E-state index contributed by atoms with van der Waals surface area (Å²) in [5.74, 6) is 0.368. The van der Waals surface area contributed by atoms with Crippen molar-refractivity contribution < 1.29 is 14.3 Å². The maximum atomic E-state index is 12.9. The predicted octanol–water partition coefficient (Wildman–Crippen LogP) is 5.63. The van der Waals surface area contributed by atoms with Crippen LogP contribution in [0.5, 0.6) is 11.5 Å². The number of hydrogen-bond acceptors (Lipinski definition) is 3. The highest BCUT2D eigenvalue weighted by atomic mass is 35.5. The summed E-state index contributed by atoms with van der Waals surface area (Å²) in [4.78, 5) is 27.0. The first-order valence-electron chi connectivity index (χ1n) is 8.39. The molecule has 0 atom stereocenters. The van der Waals surface area contributed by atoms with Gasteiger partial charge in [0, 0.05) is 17.8 Å². The Balaban J connectivity index is 1.66. The average Bonchev–Trinajstić information content (AvgIpc) is 2.77. The number of amides is 2. The van der Waals surface area contributed by atoms with Crippen molar-refractivity contribution >= 4 is 46.4 Å². The quantitative estimate of drug-likeness (QED) is 0.593. The van der Waals surface area contributed by atoms with Gasteiger partial charge < -0.3 is 15.0 Å². The number of hydrogen-bond donors (Lipinski definition) is 1. The van der Waals surface area contributed by atoms with Gasteiger partial charge >= 0.3 is 0 Å². The van der Waals surface area contributed by atoms with Gasteiger partial charge in [-0.3, -0.25) is 9.59 Å². The molecule has 1 heterocycles. The van der Waals surface area contributed by atoms with Crippen LogP contribution in [0.1, 0.15) is 20.7 Å². The Morgan fingerprint density at radius 1 is 1.00 bits per heavy atom. The molecule has 0 saturated carbocycles. The predicted molar refractivity (Wildman–Crippen MR) is 110 cm³/mol. The summed E-state index contributed by atoms with van der Waals surface area (Å²) >= 11 is 12.0. The molecule has 0 spiro atoms. The van der Waals surface area contributed by atoms with Gasteiger partial charge in [-0.15, -0.1) is 0 Å². The summed E-state index contributed by atoms with van der Waals surface area (Å²) in [6.45, 7) is 0. The Labute approximate surface area is 171 Å². The Kier molecular flexibility index (Phi) is 4.71. The monoisotopic (exact) mass is 412 g/mol. The van der Waals surface area contributed by atoms with Crippen LogP contribution in [0.4, 0.5) is 11.4 Å². The number of ether oxygens (including phenoxy) is 1. The van der Waals surface area contributed by atoms with Crippen molar-refractivity contribution in [3.05, 3.63) is 81.8 Å². The van der Waals surface area contributed by atoms with Gasteiger partial charge in [-0.25, -0.2) is 0 Å². The number of rotatable bonds is 2. The number of anilines is 2. The first kappa shape index (κ1) is 18.3. The molecule has 3 aromatic carbocycles. The van der Waals surface area contributed by atoms with E-state index in [1.807, 2.05) is 18.2 Å². The molecule has 140 valence electrons. The molecule has 0 bridgehead atoms. The van der Waals surface area contributed by atoms with E-state index in [1.165, 1.54) is 11.0 Å². The molecule has 1 N–H and O–H groups in total. The molecule has 0 saturated heterocycles. The van der Waals surface area contributed by atoms with Gasteiger partial charge in [-0.1, -0.05) is 35.3 Å². The molecule has 4 rings (SSSR count). The highest BCUT2D eigenvalue weighted by molar-refractivity contribution is 6.37. The first-order chi connectivity index (χ1) is 13.4. The standard InChI is InChI=1S/C21H14Cl2N2O3/c1-25-17-4-2-3-5-19(17)28-18-9-7-13(11-15(18)21(25)27)24-20(26)14-8-6-12(22)10-16(14)23/h2-11H,1H3,(H,24,26). The maximum absolute atomic E-state index is 12.9. The van der Waals surface area contributed by atoms with Gasteiger partial charge in [0.2, 0.25) is 0 Å². The van der Waals surface area contributed by atoms with Gasteiger partial charge in [-0.2, -0.15) is 0 Å². The molecule has 0 radical (unpaired) electrons. The number of carbonyl (C=O) groups is 2. The highest BCUT2D eigenvalue weighted by Gasteiger charge is 2.26. The Bertz CT molecular complexity index is 1110. The van der Waals surface area contributed by atoms with Crippen LogP contribution in [-0.2, 0) is 0 Å². The lowest BCUT2D eigenvalue weighted by atomic mass is 10.1. The number of carbonyl (C=O) groups excluding carboxylic acids is 2. The zero-order valence-corrected chi connectivity index (χ0v) is 16.2. The van der Waals surface area contributed by atoms with Gasteiger partial charge in [-0.05, 0) is 48.5 Å². The molecule has 5 nitrogen and oxygen atoms in total. The topological polar surface area (TPSA) is 58.6 Å². The van der Waals surface area contributed by atoms with E-state index in [-0.39, 0.29) is 16.5 Å². The highest BCUT2D eigenvalue weighted by Crippen LogP contribution is 2.38. The molecule has 28 heavy (non-hydrogen) atoms. The molecule has 0 aliphatic carbocycles. The number of fused-ring (bicyclic) bond motifs is 2. The molecule has 0 unspecified atom stereocenters. The second kappa shape index (κ2) is 7.19. The van der Waals surface area contributed by atoms with E-state index in [4.69, 9.17) is 27.9 Å². The van der Waals surface area contributed by atoms with Crippen LogP contribution in [0.25, 0.3) is 0 Å². The van der Waals surface area contributed by atoms with E-state index in [9.17, 15) is 9.59 Å². The second-order valence-electron chi connectivity index (χ2n) is 6.22. The minimum absolute atomic E-state index is 0.236. The summed E-state index contributed by atoms with van der Waals surface area (Å²) in [5.41, 5.74) is 1.75. The van der Waals surface area contributed by atoms with Gasteiger partial charge in [0.05, 0.1) is 21.8 Å². The average molecular weight is 413 g/mol. The molecule has 2 amide bonds. The lowest BCUT2D eigenvalue weighted by molar-refractivity contribution is 0.0990. The van der Waals surface area contributed by atoms with E-state index in [1.54, 1.807) is 43.4 Å². The summed E-state index contributed by atoms with van der Waals surface area (Å²) in [6.07, 6.45) is 0. The van der Waals surface area contributed by atoms with E-state index >= 15 is 0 Å². The van der Waals surface area contributed by atoms with E-state index in [2.05, 4.69) is 5.32 Å². The van der Waals surface area contributed by atoms with Gasteiger partial charge in [0.1, 0.15) is 5.75 Å². The van der Waals surface area contributed by atoms with Crippen molar-refractivity contribution in [2.45, 2.75) is 0 Å². The molecule has 3 aromatic rings. The van der Waals surface area contributed by atoms with Crippen LogP contribution in [0.2, 0.25) is 10.0 Å². The second-order valence-corrected chi connectivity index (χ2v) is 7.07. The summed E-state index contributed by atoms with van der Waals surface area (Å²) in [5, 5.41) is 3.44. The summed E-state index contributed by atoms with van der Waals surface area (Å²) in [6, 6.07) is 16.8. The van der Waals surface area contributed by atoms with E-state index in [0.717, 1.165) is 0 Å². The SMILES string of the molecule is CN1C(=O)c2cc(NC(=O)c3ccc(Cl)cc3Cl)ccc2Oc2ccccc21. The number of para-hydroxylation sites is 2. The largest absolute Gasteiger partial charge is 0.454 e. The summed E-state index contributed by atoms with van der Waals surface area (Å²) in [7, 11) is 1.68. The van der Waals surface area contributed by atoms with Crippen molar-refractivity contribution in [1.82, 2.24) is 0 Å². The summed E-state index contributed by atoms with van der Waals surface area (Å²) < 4.78 is 5.91. The Hall–Kier alpha value is -3.02. The third-order valence-corrected chi connectivity index (χ3v) is 4.94. The van der Waals surface area contributed by atoms with Crippen molar-refractivity contribution in [1.29, 1.82) is 0 Å². The van der Waals surface area contributed by atoms with Crippen LogP contribution in [0, 0.1) is 0 Å². The molecule has 7 heteroatoms. The van der Waals surface area contributed by atoms with Crippen LogP contribution in [0.3, 0.4) is 0 Å². The van der Waals surface area contributed by atoms with Crippen molar-refractivity contribution in [2.24, 2.45) is 0 Å². The number of nitrogens with zero attached hydrogens (tertiary/aromatic N) is 1. The van der Waals surface area contributed by atoms with E-state index < -0.39 is 5.91 Å². The van der Waals surface area contributed by atoms with Gasteiger partial charge in [0.15, 0.2) is 5.75 Å². The smallest absolute Gasteiger partial charge is 0.261 e. The minimum atomic E-state index is -0.403. The van der Waals surface area contributed by atoms with Crippen LogP contribution < -0.4 is 15.0 Å². The first-order valence-corrected chi connectivity index (χ1v) is 9.15. The Morgan fingerprint density at radius 3 is 2.57 bits per heavy atom. The number of nitrogens with one attached hydrogen (secondary N) is 1. The Morgan fingerprint density at radius 2 is 1.79 bits per heavy atom. The van der Waals surface area contributed by atoms with Crippen LogP contribution in [-0.4, -0.2) is 18.9 Å². The fraction of sp³-hybridized carbons (Fsp3) is 0.0476. The normalized spacial score (nSPS) is 12.5. The molecular formula is C21H14Cl2N2O3. The van der Waals surface area contributed by atoms with Gasteiger partial charge in [0.25, 0.3) is 11.8 Å². The minimum Gasteiger partial charge on any atom is -0.454 e. The van der Waals surface area contributed by atoms with Crippen molar-refractivity contribution in [2.75, 3.05) is 17.3 Å². The van der Waals surface area contributed by atoms with Crippen molar-refractivity contribution in [3.63, 3.8) is 0 Å². The van der Waals surface area contributed by atoms with Crippen LogP contribution >= 0.6 is 23.2 Å². The fourth-order valence-electron chi connectivity index (χ4n) is 2.97. The number of benzene rings is 3. The zero-order chi connectivity index (χ0) is 19.8. The molecule has 1 aliphatic heterocycles. The van der Waals surface area contributed by atoms with E-state index in [0.29, 0.717) is 33.5 Å². The third kappa shape index (κ3) is 3.30. The third-order valence-electron chi connectivity index (χ3n) is 4.39.